The molecule has 0 saturated carbocycles. The maximum Gasteiger partial charge on any atom is 0.321 e. The quantitative estimate of drug-likeness (QED) is 0.555. The SMILES string of the molecule is Cc1ccc(C)c(C(=O)COC(=O)CNS(=O)(=O)c2ccc3c(c2)CCCC3)c1. The zero-order valence-corrected chi connectivity index (χ0v) is 17.5. The van der Waals surface area contributed by atoms with Gasteiger partial charge in [-0.1, -0.05) is 23.8 Å². The normalized spacial score (nSPS) is 13.6. The van der Waals surface area contributed by atoms with Crippen molar-refractivity contribution in [2.24, 2.45) is 0 Å². The summed E-state index contributed by atoms with van der Waals surface area (Å²) >= 11 is 0. The number of fused-ring (bicyclic) bond motifs is 1. The van der Waals surface area contributed by atoms with Gasteiger partial charge in [-0.3, -0.25) is 9.59 Å². The van der Waals surface area contributed by atoms with E-state index in [-0.39, 0.29) is 10.7 Å². The van der Waals surface area contributed by atoms with Crippen molar-refractivity contribution in [2.45, 2.75) is 44.4 Å². The number of carbonyl (C=O) groups is 2. The molecule has 2 aromatic carbocycles. The van der Waals surface area contributed by atoms with E-state index in [2.05, 4.69) is 4.72 Å². The summed E-state index contributed by atoms with van der Waals surface area (Å²) in [5, 5.41) is 0. The van der Waals surface area contributed by atoms with Crippen LogP contribution in [0.4, 0.5) is 0 Å². The number of esters is 1. The molecule has 0 aromatic heterocycles. The monoisotopic (exact) mass is 415 g/mol. The topological polar surface area (TPSA) is 89.5 Å². The molecule has 0 unspecified atom stereocenters. The van der Waals surface area contributed by atoms with Crippen LogP contribution in [0.2, 0.25) is 0 Å². The van der Waals surface area contributed by atoms with E-state index >= 15 is 0 Å². The second-order valence-corrected chi connectivity index (χ2v) is 9.13. The molecule has 0 fully saturated rings. The molecule has 29 heavy (non-hydrogen) atoms. The standard InChI is InChI=1S/C22H25NO5S/c1-15-7-8-16(2)20(11-15)21(24)14-28-22(25)13-23-29(26,27)19-10-9-17-5-3-4-6-18(17)12-19/h7-12,23H,3-6,13-14H2,1-2H3. The summed E-state index contributed by atoms with van der Waals surface area (Å²) in [7, 11) is -3.83. The van der Waals surface area contributed by atoms with Gasteiger partial charge in [-0.2, -0.15) is 4.72 Å². The van der Waals surface area contributed by atoms with Gasteiger partial charge in [0, 0.05) is 5.56 Å². The summed E-state index contributed by atoms with van der Waals surface area (Å²) in [4.78, 5) is 24.3. The van der Waals surface area contributed by atoms with Crippen LogP contribution in [0.1, 0.15) is 45.5 Å². The predicted molar refractivity (Wildman–Crippen MR) is 109 cm³/mol. The molecular formula is C22H25NO5S. The fourth-order valence-electron chi connectivity index (χ4n) is 3.43. The summed E-state index contributed by atoms with van der Waals surface area (Å²) in [6, 6.07) is 10.5. The van der Waals surface area contributed by atoms with Crippen molar-refractivity contribution >= 4 is 21.8 Å². The number of hydrogen-bond donors (Lipinski definition) is 1. The van der Waals surface area contributed by atoms with Crippen LogP contribution in [0, 0.1) is 13.8 Å². The van der Waals surface area contributed by atoms with Gasteiger partial charge >= 0.3 is 5.97 Å². The average molecular weight is 416 g/mol. The first-order valence-corrected chi connectivity index (χ1v) is 11.1. The van der Waals surface area contributed by atoms with Crippen molar-refractivity contribution in [2.75, 3.05) is 13.2 Å². The zero-order valence-electron chi connectivity index (χ0n) is 16.7. The van der Waals surface area contributed by atoms with Crippen molar-refractivity contribution in [3.63, 3.8) is 0 Å². The highest BCUT2D eigenvalue weighted by molar-refractivity contribution is 7.89. The molecule has 1 aliphatic carbocycles. The number of ether oxygens (including phenoxy) is 1. The molecule has 0 saturated heterocycles. The second kappa shape index (κ2) is 8.88. The maximum atomic E-state index is 12.5. The lowest BCUT2D eigenvalue weighted by atomic mass is 9.92. The van der Waals surface area contributed by atoms with E-state index in [4.69, 9.17) is 4.74 Å². The van der Waals surface area contributed by atoms with E-state index in [1.54, 1.807) is 25.1 Å². The number of hydrogen-bond acceptors (Lipinski definition) is 5. The maximum absolute atomic E-state index is 12.5. The molecule has 1 N–H and O–H groups in total. The first-order chi connectivity index (χ1) is 13.8. The third kappa shape index (κ3) is 5.31. The van der Waals surface area contributed by atoms with E-state index in [0.717, 1.165) is 42.4 Å². The van der Waals surface area contributed by atoms with Gasteiger partial charge in [-0.15, -0.1) is 0 Å². The highest BCUT2D eigenvalue weighted by Gasteiger charge is 2.20. The Morgan fingerprint density at radius 2 is 1.72 bits per heavy atom. The second-order valence-electron chi connectivity index (χ2n) is 7.36. The first-order valence-electron chi connectivity index (χ1n) is 9.64. The predicted octanol–water partition coefficient (Wildman–Crippen LogP) is 2.89. The number of rotatable bonds is 7. The fraction of sp³-hybridized carbons (Fsp3) is 0.364. The Morgan fingerprint density at radius 3 is 2.48 bits per heavy atom. The summed E-state index contributed by atoms with van der Waals surface area (Å²) in [6.07, 6.45) is 3.99. The minimum absolute atomic E-state index is 0.136. The van der Waals surface area contributed by atoms with E-state index in [1.807, 2.05) is 25.1 Å². The third-order valence-corrected chi connectivity index (χ3v) is 6.49. The average Bonchev–Trinajstić information content (AvgIpc) is 2.72. The van der Waals surface area contributed by atoms with Crippen LogP contribution in [-0.4, -0.2) is 33.3 Å². The Labute approximate surface area is 171 Å². The summed E-state index contributed by atoms with van der Waals surface area (Å²) < 4.78 is 32.2. The number of sulfonamides is 1. The van der Waals surface area contributed by atoms with E-state index in [0.29, 0.717) is 5.56 Å². The zero-order chi connectivity index (χ0) is 21.0. The molecule has 0 bridgehead atoms. The number of nitrogens with one attached hydrogen (secondary N) is 1. The van der Waals surface area contributed by atoms with Crippen LogP contribution in [0.25, 0.3) is 0 Å². The Hall–Kier alpha value is -2.51. The van der Waals surface area contributed by atoms with Crippen LogP contribution in [-0.2, 0) is 32.4 Å². The van der Waals surface area contributed by atoms with Crippen LogP contribution in [0.15, 0.2) is 41.3 Å². The highest BCUT2D eigenvalue weighted by Crippen LogP contribution is 2.24. The number of ketones is 1. The summed E-state index contributed by atoms with van der Waals surface area (Å²) in [6.45, 7) is 2.72. The van der Waals surface area contributed by atoms with E-state index < -0.39 is 29.1 Å². The minimum atomic E-state index is -3.83. The Bertz CT molecular complexity index is 1040. The summed E-state index contributed by atoms with van der Waals surface area (Å²) in [5.74, 6) is -1.12. The smallest absolute Gasteiger partial charge is 0.321 e. The molecule has 0 radical (unpaired) electrons. The molecule has 0 atom stereocenters. The molecule has 7 heteroatoms. The minimum Gasteiger partial charge on any atom is -0.456 e. The molecule has 0 heterocycles. The van der Waals surface area contributed by atoms with Gasteiger partial charge in [-0.05, 0) is 74.4 Å². The van der Waals surface area contributed by atoms with Crippen LogP contribution >= 0.6 is 0 Å². The van der Waals surface area contributed by atoms with Gasteiger partial charge < -0.3 is 4.74 Å². The highest BCUT2D eigenvalue weighted by atomic mass is 32.2. The molecule has 154 valence electrons. The van der Waals surface area contributed by atoms with Crippen molar-refractivity contribution in [3.05, 3.63) is 64.2 Å². The van der Waals surface area contributed by atoms with Gasteiger partial charge in [0.15, 0.2) is 6.61 Å². The van der Waals surface area contributed by atoms with Gasteiger partial charge in [-0.25, -0.2) is 8.42 Å². The molecule has 0 spiro atoms. The fourth-order valence-corrected chi connectivity index (χ4v) is 4.44. The van der Waals surface area contributed by atoms with Gasteiger partial charge in [0.05, 0.1) is 4.90 Å². The van der Waals surface area contributed by atoms with Gasteiger partial charge in [0.2, 0.25) is 15.8 Å². The van der Waals surface area contributed by atoms with Crippen molar-refractivity contribution in [1.82, 2.24) is 4.72 Å². The van der Waals surface area contributed by atoms with Crippen LogP contribution in [0.3, 0.4) is 0 Å². The molecule has 0 aliphatic heterocycles. The molecule has 6 nitrogen and oxygen atoms in total. The van der Waals surface area contributed by atoms with E-state index in [9.17, 15) is 18.0 Å². The molecule has 2 aromatic rings. The largest absolute Gasteiger partial charge is 0.456 e. The Kier molecular flexibility index (Phi) is 6.49. The number of Topliss-reactive ketones (excluding diaryl/α,β-unsaturated/α-hetero) is 1. The Morgan fingerprint density at radius 1 is 1.00 bits per heavy atom. The third-order valence-electron chi connectivity index (χ3n) is 5.09. The molecular weight excluding hydrogens is 390 g/mol. The van der Waals surface area contributed by atoms with Crippen LogP contribution in [0.5, 0.6) is 0 Å². The Balaban J connectivity index is 1.56. The van der Waals surface area contributed by atoms with Crippen molar-refractivity contribution < 1.29 is 22.7 Å². The molecule has 1 aliphatic rings. The van der Waals surface area contributed by atoms with Gasteiger partial charge in [0.25, 0.3) is 0 Å². The number of benzene rings is 2. The lowest BCUT2D eigenvalue weighted by Crippen LogP contribution is -2.31. The van der Waals surface area contributed by atoms with Crippen LogP contribution < -0.4 is 4.72 Å². The number of aryl methyl sites for hydroxylation is 4. The lowest BCUT2D eigenvalue weighted by Gasteiger charge is -2.16. The molecule has 0 amide bonds. The number of carbonyl (C=O) groups excluding carboxylic acids is 2. The lowest BCUT2D eigenvalue weighted by molar-refractivity contribution is -0.141. The van der Waals surface area contributed by atoms with Crippen molar-refractivity contribution in [1.29, 1.82) is 0 Å². The first kappa shape index (κ1) is 21.2. The summed E-state index contributed by atoms with van der Waals surface area (Å²) in [5.41, 5.74) is 4.45. The van der Waals surface area contributed by atoms with E-state index in [1.165, 1.54) is 5.56 Å². The van der Waals surface area contributed by atoms with Crippen molar-refractivity contribution in [3.8, 4) is 0 Å². The van der Waals surface area contributed by atoms with Gasteiger partial charge in [0.1, 0.15) is 6.54 Å². The molecule has 3 rings (SSSR count).